The fourth-order valence-corrected chi connectivity index (χ4v) is 2.85. The maximum atomic E-state index is 9.41. The van der Waals surface area contributed by atoms with Gasteiger partial charge in [0.25, 0.3) is 0 Å². The van der Waals surface area contributed by atoms with Crippen molar-refractivity contribution in [3.05, 3.63) is 0 Å². The summed E-state index contributed by atoms with van der Waals surface area (Å²) in [6, 6.07) is 3.01. The van der Waals surface area contributed by atoms with E-state index in [2.05, 4.69) is 23.2 Å². The first-order chi connectivity index (χ1) is 8.49. The first-order valence-electron chi connectivity index (χ1n) is 6.95. The molecule has 2 unspecified atom stereocenters. The summed E-state index contributed by atoms with van der Waals surface area (Å²) in [5.74, 6) is 0. The molecule has 102 valence electrons. The number of hydrogen-bond donors (Lipinski definition) is 1. The molecule has 2 rings (SSSR count). The number of likely N-dealkylation sites (tertiary alicyclic amines) is 1. The molecule has 0 spiro atoms. The van der Waals surface area contributed by atoms with Crippen molar-refractivity contribution < 1.29 is 4.74 Å². The lowest BCUT2D eigenvalue weighted by atomic mass is 9.93. The van der Waals surface area contributed by atoms with Crippen molar-refractivity contribution in [1.29, 1.82) is 5.26 Å². The molecule has 1 heterocycles. The highest BCUT2D eigenvalue weighted by Gasteiger charge is 2.37. The molecule has 2 atom stereocenters. The normalized spacial score (nSPS) is 32.8. The second kappa shape index (κ2) is 5.16. The number of ether oxygens (including phenoxy) is 1. The molecule has 18 heavy (non-hydrogen) atoms. The molecule has 1 saturated heterocycles. The van der Waals surface area contributed by atoms with Crippen LogP contribution in [0.1, 0.15) is 39.5 Å². The summed E-state index contributed by atoms with van der Waals surface area (Å²) < 4.78 is 5.61. The maximum Gasteiger partial charge on any atom is 0.116 e. The second-order valence-electron chi connectivity index (χ2n) is 6.33. The molecular formula is C14H25N3O. The van der Waals surface area contributed by atoms with E-state index in [1.54, 1.807) is 7.11 Å². The number of nitrogens with one attached hydrogen (secondary N) is 1. The minimum atomic E-state index is -0.423. The SMILES string of the molecule is COC1(C)CCCN(CC(C)(C#N)NC2CC2)C1. The van der Waals surface area contributed by atoms with Crippen LogP contribution >= 0.6 is 0 Å². The van der Waals surface area contributed by atoms with E-state index in [0.29, 0.717) is 6.04 Å². The Morgan fingerprint density at radius 2 is 2.28 bits per heavy atom. The Morgan fingerprint density at radius 3 is 2.83 bits per heavy atom. The Morgan fingerprint density at radius 1 is 1.56 bits per heavy atom. The van der Waals surface area contributed by atoms with Crippen molar-refractivity contribution in [3.63, 3.8) is 0 Å². The summed E-state index contributed by atoms with van der Waals surface area (Å²) in [5.41, 5.74) is -0.471. The molecule has 4 heteroatoms. The molecule has 0 amide bonds. The Balaban J connectivity index is 1.92. The molecule has 1 N–H and O–H groups in total. The number of nitriles is 1. The zero-order valence-electron chi connectivity index (χ0n) is 11.8. The van der Waals surface area contributed by atoms with Gasteiger partial charge in [-0.3, -0.25) is 10.2 Å². The summed E-state index contributed by atoms with van der Waals surface area (Å²) in [4.78, 5) is 2.37. The third-order valence-electron chi connectivity index (χ3n) is 4.12. The van der Waals surface area contributed by atoms with Gasteiger partial charge in [0.05, 0.1) is 11.7 Å². The molecule has 0 radical (unpaired) electrons. The fraction of sp³-hybridized carbons (Fsp3) is 0.929. The number of methoxy groups -OCH3 is 1. The molecule has 0 aromatic carbocycles. The molecule has 2 fully saturated rings. The number of piperidine rings is 1. The zero-order valence-corrected chi connectivity index (χ0v) is 11.8. The van der Waals surface area contributed by atoms with Crippen molar-refractivity contribution in [2.45, 2.75) is 56.7 Å². The van der Waals surface area contributed by atoms with E-state index < -0.39 is 5.54 Å². The lowest BCUT2D eigenvalue weighted by molar-refractivity contribution is -0.0537. The van der Waals surface area contributed by atoms with E-state index in [4.69, 9.17) is 4.74 Å². The first kappa shape index (κ1) is 13.8. The van der Waals surface area contributed by atoms with Gasteiger partial charge in [0.15, 0.2) is 0 Å². The third kappa shape index (κ3) is 3.44. The zero-order chi connectivity index (χ0) is 13.2. The van der Waals surface area contributed by atoms with Crippen LogP contribution in [0.2, 0.25) is 0 Å². The highest BCUT2D eigenvalue weighted by molar-refractivity contribution is 5.09. The van der Waals surface area contributed by atoms with Crippen LogP contribution < -0.4 is 5.32 Å². The number of hydrogen-bond acceptors (Lipinski definition) is 4. The van der Waals surface area contributed by atoms with Crippen LogP contribution in [0.25, 0.3) is 0 Å². The molecule has 0 aromatic rings. The summed E-state index contributed by atoms with van der Waals surface area (Å²) in [6.07, 6.45) is 4.69. The van der Waals surface area contributed by atoms with Gasteiger partial charge in [-0.1, -0.05) is 0 Å². The minimum Gasteiger partial charge on any atom is -0.377 e. The van der Waals surface area contributed by atoms with Crippen LogP contribution in [0.15, 0.2) is 0 Å². The third-order valence-corrected chi connectivity index (χ3v) is 4.12. The average Bonchev–Trinajstić information content (AvgIpc) is 3.13. The smallest absolute Gasteiger partial charge is 0.116 e. The molecule has 0 aromatic heterocycles. The van der Waals surface area contributed by atoms with Gasteiger partial charge in [-0.15, -0.1) is 0 Å². The lowest BCUT2D eigenvalue weighted by Gasteiger charge is -2.42. The fourth-order valence-electron chi connectivity index (χ4n) is 2.85. The second-order valence-corrected chi connectivity index (χ2v) is 6.33. The van der Waals surface area contributed by atoms with Gasteiger partial charge in [-0.25, -0.2) is 0 Å². The van der Waals surface area contributed by atoms with Gasteiger partial charge < -0.3 is 4.74 Å². The van der Waals surface area contributed by atoms with E-state index >= 15 is 0 Å². The van der Waals surface area contributed by atoms with Crippen molar-refractivity contribution in [3.8, 4) is 6.07 Å². The van der Waals surface area contributed by atoms with Crippen molar-refractivity contribution in [1.82, 2.24) is 10.2 Å². The van der Waals surface area contributed by atoms with Crippen molar-refractivity contribution >= 4 is 0 Å². The molecule has 1 aliphatic carbocycles. The Labute approximate surface area is 110 Å². The van der Waals surface area contributed by atoms with Gasteiger partial charge in [0.1, 0.15) is 5.54 Å². The standard InChI is InChI=1S/C14H25N3O/c1-13(9-15,16-12-5-6-12)10-17-8-4-7-14(2,11-17)18-3/h12,16H,4-8,10-11H2,1-3H3. The first-order valence-corrected chi connectivity index (χ1v) is 6.95. The van der Waals surface area contributed by atoms with Crippen LogP contribution in [-0.4, -0.2) is 48.8 Å². The van der Waals surface area contributed by atoms with Crippen LogP contribution in [0.3, 0.4) is 0 Å². The summed E-state index contributed by atoms with van der Waals surface area (Å²) in [6.45, 7) is 6.97. The Kier molecular flexibility index (Phi) is 3.96. The van der Waals surface area contributed by atoms with Gasteiger partial charge >= 0.3 is 0 Å². The summed E-state index contributed by atoms with van der Waals surface area (Å²) in [5, 5.41) is 12.9. The maximum absolute atomic E-state index is 9.41. The van der Waals surface area contributed by atoms with Crippen molar-refractivity contribution in [2.75, 3.05) is 26.7 Å². The van der Waals surface area contributed by atoms with Crippen LogP contribution in [-0.2, 0) is 4.74 Å². The van der Waals surface area contributed by atoms with E-state index in [1.807, 2.05) is 6.92 Å². The largest absolute Gasteiger partial charge is 0.377 e. The van der Waals surface area contributed by atoms with Gasteiger partial charge in [-0.05, 0) is 46.1 Å². The molecule has 0 bridgehead atoms. The molecule has 4 nitrogen and oxygen atoms in total. The Bertz CT molecular complexity index is 336. The lowest BCUT2D eigenvalue weighted by Crippen LogP contribution is -2.56. The van der Waals surface area contributed by atoms with E-state index in [-0.39, 0.29) is 5.60 Å². The average molecular weight is 251 g/mol. The van der Waals surface area contributed by atoms with Crippen LogP contribution in [0.4, 0.5) is 0 Å². The van der Waals surface area contributed by atoms with E-state index in [9.17, 15) is 5.26 Å². The van der Waals surface area contributed by atoms with Gasteiger partial charge in [0, 0.05) is 26.2 Å². The molecular weight excluding hydrogens is 226 g/mol. The quantitative estimate of drug-likeness (QED) is 0.805. The monoisotopic (exact) mass is 251 g/mol. The van der Waals surface area contributed by atoms with E-state index in [1.165, 1.54) is 12.8 Å². The topological polar surface area (TPSA) is 48.3 Å². The van der Waals surface area contributed by atoms with Crippen molar-refractivity contribution in [2.24, 2.45) is 0 Å². The summed E-state index contributed by atoms with van der Waals surface area (Å²) in [7, 11) is 1.79. The Hall–Kier alpha value is -0.630. The highest BCUT2D eigenvalue weighted by Crippen LogP contribution is 2.27. The van der Waals surface area contributed by atoms with Gasteiger partial charge in [0.2, 0.25) is 0 Å². The molecule has 1 saturated carbocycles. The number of nitrogens with zero attached hydrogens (tertiary/aromatic N) is 2. The molecule has 1 aliphatic heterocycles. The number of rotatable bonds is 5. The highest BCUT2D eigenvalue weighted by atomic mass is 16.5. The minimum absolute atomic E-state index is 0.0474. The van der Waals surface area contributed by atoms with Gasteiger partial charge in [-0.2, -0.15) is 5.26 Å². The van der Waals surface area contributed by atoms with E-state index in [0.717, 1.165) is 32.5 Å². The predicted molar refractivity (Wildman–Crippen MR) is 71.3 cm³/mol. The van der Waals surface area contributed by atoms with Crippen LogP contribution in [0.5, 0.6) is 0 Å². The molecule has 2 aliphatic rings. The predicted octanol–water partition coefficient (Wildman–Crippen LogP) is 1.52. The summed E-state index contributed by atoms with van der Waals surface area (Å²) >= 11 is 0. The van der Waals surface area contributed by atoms with Crippen LogP contribution in [0, 0.1) is 11.3 Å².